The number of carbonyl (C=O) groups is 1. The first-order valence-electron chi connectivity index (χ1n) is 11.1. The van der Waals surface area contributed by atoms with Crippen molar-refractivity contribution in [3.05, 3.63) is 60.2 Å². The van der Waals surface area contributed by atoms with Gasteiger partial charge in [0.1, 0.15) is 16.6 Å². The first-order valence-corrected chi connectivity index (χ1v) is 11.1. The van der Waals surface area contributed by atoms with Crippen LogP contribution in [-0.2, 0) is 17.8 Å². The van der Waals surface area contributed by atoms with Gasteiger partial charge in [-0.1, -0.05) is 55.3 Å². The van der Waals surface area contributed by atoms with Gasteiger partial charge in [0, 0.05) is 6.54 Å². The van der Waals surface area contributed by atoms with E-state index < -0.39 is 5.60 Å². The summed E-state index contributed by atoms with van der Waals surface area (Å²) in [5.41, 5.74) is 9.68. The summed E-state index contributed by atoms with van der Waals surface area (Å²) in [6, 6.07) is 18.8. The number of fused-ring (bicyclic) bond motifs is 1. The molecule has 0 atom stereocenters. The fourth-order valence-corrected chi connectivity index (χ4v) is 3.73. The first-order chi connectivity index (χ1) is 14.8. The highest BCUT2D eigenvalue weighted by atomic mass is 79.9. The van der Waals surface area contributed by atoms with Crippen LogP contribution in [0.5, 0.6) is 0 Å². The predicted molar refractivity (Wildman–Crippen MR) is 125 cm³/mol. The summed E-state index contributed by atoms with van der Waals surface area (Å²) in [5, 5.41) is 2.82. The van der Waals surface area contributed by atoms with Crippen LogP contribution in [-0.4, -0.2) is 22.8 Å². The van der Waals surface area contributed by atoms with Crippen molar-refractivity contribution in [3.8, 4) is 0 Å². The molecule has 0 bridgehead atoms. The number of aromatic nitrogens is 2. The minimum atomic E-state index is -0.457. The summed E-state index contributed by atoms with van der Waals surface area (Å²) in [7, 11) is 0. The number of aryl methyl sites for hydroxylation is 1. The van der Waals surface area contributed by atoms with E-state index in [1.807, 2.05) is 26.8 Å². The highest BCUT2D eigenvalue weighted by molar-refractivity contribution is 5.73. The topological polar surface area (TPSA) is 73.2 Å². The van der Waals surface area contributed by atoms with Crippen LogP contribution in [0.1, 0.15) is 52.0 Å². The van der Waals surface area contributed by atoms with Crippen LogP contribution in [0.3, 0.4) is 0 Å². The average Bonchev–Trinajstić information content (AvgIpc) is 2.98. The Hall–Kier alpha value is -2.54. The monoisotopic (exact) mass is 502 g/mol. The second kappa shape index (κ2) is 11.9. The summed E-state index contributed by atoms with van der Waals surface area (Å²) in [5.74, 6) is 0.789. The van der Waals surface area contributed by atoms with Crippen LogP contribution >= 0.6 is 0 Å². The van der Waals surface area contributed by atoms with Crippen molar-refractivity contribution >= 4 is 23.1 Å². The Kier molecular flexibility index (Phi) is 9.57. The van der Waals surface area contributed by atoms with E-state index >= 15 is 0 Å². The van der Waals surface area contributed by atoms with Crippen LogP contribution in [0.4, 0.5) is 10.7 Å². The Labute approximate surface area is 201 Å². The van der Waals surface area contributed by atoms with Gasteiger partial charge in [0.25, 0.3) is 0 Å². The van der Waals surface area contributed by atoms with Crippen molar-refractivity contribution in [3.63, 3.8) is 0 Å². The number of ether oxygens (including phenoxy) is 1. The van der Waals surface area contributed by atoms with E-state index in [1.165, 1.54) is 11.1 Å². The number of carbonyl (C=O) groups excluding carboxylic acids is 1. The van der Waals surface area contributed by atoms with Gasteiger partial charge in [-0.25, -0.2) is 13.9 Å². The minimum absolute atomic E-state index is 0. The molecule has 0 aliphatic rings. The van der Waals surface area contributed by atoms with Gasteiger partial charge in [-0.05, 0) is 51.3 Å². The number of para-hydroxylation sites is 2. The highest BCUT2D eigenvalue weighted by Crippen LogP contribution is 2.18. The largest absolute Gasteiger partial charge is 1.00 e. The summed E-state index contributed by atoms with van der Waals surface area (Å²) in [4.78, 5) is 11.7. The van der Waals surface area contributed by atoms with Crippen molar-refractivity contribution in [1.82, 2.24) is 9.88 Å². The highest BCUT2D eigenvalue weighted by Gasteiger charge is 2.20. The van der Waals surface area contributed by atoms with Crippen LogP contribution in [0, 0.1) is 0 Å². The molecule has 1 aromatic heterocycles. The van der Waals surface area contributed by atoms with Crippen molar-refractivity contribution in [2.75, 3.05) is 12.3 Å². The lowest BCUT2D eigenvalue weighted by molar-refractivity contribution is -0.648. The zero-order chi connectivity index (χ0) is 22.3. The Bertz CT molecular complexity index is 996. The number of amides is 1. The van der Waals surface area contributed by atoms with Crippen LogP contribution < -0.4 is 32.6 Å². The maximum absolute atomic E-state index is 11.7. The predicted octanol–water partition coefficient (Wildman–Crippen LogP) is 1.65. The molecule has 1 amide bonds. The molecule has 32 heavy (non-hydrogen) atoms. The number of alkyl carbamates (subject to hydrolysis) is 1. The lowest BCUT2D eigenvalue weighted by atomic mass is 10.2. The lowest BCUT2D eigenvalue weighted by Crippen LogP contribution is -3.00. The van der Waals surface area contributed by atoms with E-state index in [2.05, 4.69) is 63.0 Å². The van der Waals surface area contributed by atoms with Crippen LogP contribution in [0.15, 0.2) is 54.6 Å². The number of halogens is 1. The van der Waals surface area contributed by atoms with Gasteiger partial charge in [0.2, 0.25) is 0 Å². The molecule has 0 radical (unpaired) electrons. The molecular weight excluding hydrogens is 468 g/mol. The summed E-state index contributed by atoms with van der Waals surface area (Å²) in [6.07, 6.45) is 3.78. The quantitative estimate of drug-likeness (QED) is 0.345. The molecule has 6 nitrogen and oxygen atoms in total. The zero-order valence-corrected chi connectivity index (χ0v) is 20.9. The van der Waals surface area contributed by atoms with Gasteiger partial charge in [-0.15, -0.1) is 0 Å². The van der Waals surface area contributed by atoms with Crippen LogP contribution in [0.25, 0.3) is 11.0 Å². The number of hydrogen-bond acceptors (Lipinski definition) is 3. The smallest absolute Gasteiger partial charge is 0.407 e. The fourth-order valence-electron chi connectivity index (χ4n) is 3.73. The molecule has 2 aromatic carbocycles. The molecule has 3 rings (SSSR count). The molecule has 1 heterocycles. The third-order valence-electron chi connectivity index (χ3n) is 5.18. The molecule has 0 saturated heterocycles. The van der Waals surface area contributed by atoms with Crippen LogP contribution in [0.2, 0.25) is 0 Å². The van der Waals surface area contributed by atoms with Crippen molar-refractivity contribution in [1.29, 1.82) is 0 Å². The fraction of sp³-hybridized carbons (Fsp3) is 0.440. The normalized spacial score (nSPS) is 11.2. The lowest BCUT2D eigenvalue weighted by Gasteiger charge is -2.19. The van der Waals surface area contributed by atoms with E-state index in [-0.39, 0.29) is 23.1 Å². The minimum Gasteiger partial charge on any atom is -1.00 e. The van der Waals surface area contributed by atoms with Gasteiger partial charge >= 0.3 is 12.0 Å². The van der Waals surface area contributed by atoms with Gasteiger partial charge < -0.3 is 27.0 Å². The Morgan fingerprint density at radius 1 is 1.00 bits per heavy atom. The van der Waals surface area contributed by atoms with Crippen molar-refractivity contribution in [2.45, 2.75) is 65.1 Å². The molecule has 0 saturated carbocycles. The molecule has 0 fully saturated rings. The number of imidazole rings is 1. The number of anilines is 1. The molecule has 174 valence electrons. The number of hydrogen-bond donors (Lipinski definition) is 2. The third-order valence-corrected chi connectivity index (χ3v) is 5.18. The van der Waals surface area contributed by atoms with E-state index in [0.29, 0.717) is 6.54 Å². The number of unbranched alkanes of at least 4 members (excludes halogenated alkanes) is 3. The average molecular weight is 503 g/mol. The number of nitrogens with one attached hydrogen (secondary N) is 1. The molecule has 3 aromatic rings. The molecule has 0 spiro atoms. The Morgan fingerprint density at radius 3 is 2.38 bits per heavy atom. The zero-order valence-electron chi connectivity index (χ0n) is 19.3. The van der Waals surface area contributed by atoms with E-state index in [1.54, 1.807) is 0 Å². The molecule has 0 aliphatic carbocycles. The molecule has 0 unspecified atom stereocenters. The third kappa shape index (κ3) is 7.26. The molecule has 0 aliphatic heterocycles. The summed E-state index contributed by atoms with van der Waals surface area (Å²) in [6.45, 7) is 7.89. The number of benzene rings is 2. The number of rotatable bonds is 9. The van der Waals surface area contributed by atoms with Gasteiger partial charge in [-0.2, -0.15) is 0 Å². The molecule has 7 heteroatoms. The maximum atomic E-state index is 11.7. The second-order valence-electron chi connectivity index (χ2n) is 8.91. The SMILES string of the molecule is CC(C)(C)OC(=O)NCCCCCCn1c(N)[n+](Cc2ccccc2)c2ccccc21.[Br-]. The first kappa shape index (κ1) is 25.7. The van der Waals surface area contributed by atoms with Gasteiger partial charge in [-0.3, -0.25) is 5.73 Å². The van der Waals surface area contributed by atoms with Crippen molar-refractivity contribution in [2.24, 2.45) is 0 Å². The summed E-state index contributed by atoms with van der Waals surface area (Å²) >= 11 is 0. The number of nitrogens with zero attached hydrogens (tertiary/aromatic N) is 2. The van der Waals surface area contributed by atoms with Gasteiger partial charge in [0.15, 0.2) is 0 Å². The summed E-state index contributed by atoms with van der Waals surface area (Å²) < 4.78 is 9.66. The standard InChI is InChI=1S/C25H34N4O2.BrH/c1-25(2,3)31-24(30)27-17-11-4-5-12-18-28-21-15-9-10-16-22(21)29(23(28)26)19-20-13-7-6-8-14-20;/h6-10,13-16,26H,4-5,11-12,17-19H2,1-3H3,(H,27,30);1H. The van der Waals surface area contributed by atoms with Gasteiger partial charge in [0.05, 0.1) is 13.1 Å². The Morgan fingerprint density at radius 2 is 1.66 bits per heavy atom. The maximum Gasteiger partial charge on any atom is 0.407 e. The second-order valence-corrected chi connectivity index (χ2v) is 8.91. The number of nitrogen functional groups attached to an aromatic ring is 1. The van der Waals surface area contributed by atoms with Crippen molar-refractivity contribution < 1.29 is 31.1 Å². The number of nitrogens with two attached hydrogens (primary N) is 1. The Balaban J connectivity index is 0.00000363. The van der Waals surface area contributed by atoms with E-state index in [9.17, 15) is 4.79 Å². The van der Waals surface area contributed by atoms with E-state index in [0.717, 1.165) is 50.2 Å². The molecular formula is C25H35BrN4O2. The van der Waals surface area contributed by atoms with E-state index in [4.69, 9.17) is 10.5 Å². The molecule has 3 N–H and O–H groups in total.